The van der Waals surface area contributed by atoms with Gasteiger partial charge in [0.2, 0.25) is 15.9 Å². The van der Waals surface area contributed by atoms with Crippen LogP contribution in [0.4, 0.5) is 0 Å². The molecule has 136 valence electrons. The summed E-state index contributed by atoms with van der Waals surface area (Å²) in [7, 11) is -2.21. The Kier molecular flexibility index (Phi) is 5.06. The number of sulfonamides is 1. The Morgan fingerprint density at radius 2 is 1.85 bits per heavy atom. The van der Waals surface area contributed by atoms with Crippen LogP contribution in [0.25, 0.3) is 11.1 Å². The first kappa shape index (κ1) is 18.1. The molecule has 0 bridgehead atoms. The Bertz CT molecular complexity index is 997. The molecule has 3 aromatic rings. The van der Waals surface area contributed by atoms with E-state index in [1.54, 1.807) is 42.5 Å². The minimum Gasteiger partial charge on any atom is -0.508 e. The number of rotatable bonds is 6. The molecule has 0 aliphatic carbocycles. The lowest BCUT2D eigenvalue weighted by atomic mass is 10.1. The third-order valence-electron chi connectivity index (χ3n) is 3.92. The highest BCUT2D eigenvalue weighted by Gasteiger charge is 2.22. The van der Waals surface area contributed by atoms with Crippen molar-refractivity contribution in [1.29, 1.82) is 0 Å². The van der Waals surface area contributed by atoms with E-state index in [9.17, 15) is 13.5 Å². The van der Waals surface area contributed by atoms with E-state index in [2.05, 4.69) is 10.1 Å². The Morgan fingerprint density at radius 3 is 2.46 bits per heavy atom. The van der Waals surface area contributed by atoms with E-state index in [1.807, 2.05) is 13.0 Å². The maximum Gasteiger partial charge on any atom is 0.243 e. The van der Waals surface area contributed by atoms with E-state index in [-0.39, 0.29) is 17.2 Å². The molecule has 1 N–H and O–H groups in total. The Morgan fingerprint density at radius 1 is 1.12 bits per heavy atom. The van der Waals surface area contributed by atoms with Gasteiger partial charge in [0.05, 0.1) is 11.4 Å². The van der Waals surface area contributed by atoms with E-state index in [1.165, 1.54) is 11.4 Å². The summed E-state index contributed by atoms with van der Waals surface area (Å²) in [6, 6.07) is 13.3. The highest BCUT2D eigenvalue weighted by atomic mass is 32.2. The SMILES string of the molecule is CCc1nc(CN(C)S(=O)(=O)c2ccc(-c3cccc(O)c3)cc2)no1. The first-order valence-corrected chi connectivity index (χ1v) is 9.51. The first-order chi connectivity index (χ1) is 12.4. The number of phenols is 1. The van der Waals surface area contributed by atoms with E-state index in [0.717, 1.165) is 11.1 Å². The van der Waals surface area contributed by atoms with Crippen molar-refractivity contribution >= 4 is 10.0 Å². The van der Waals surface area contributed by atoms with Gasteiger partial charge in [0.25, 0.3) is 0 Å². The summed E-state index contributed by atoms with van der Waals surface area (Å²) < 4.78 is 31.6. The van der Waals surface area contributed by atoms with Crippen LogP contribution in [0.3, 0.4) is 0 Å². The molecule has 0 saturated carbocycles. The minimum atomic E-state index is -3.68. The van der Waals surface area contributed by atoms with Crippen molar-refractivity contribution in [2.24, 2.45) is 0 Å². The maximum absolute atomic E-state index is 12.7. The molecule has 1 heterocycles. The fourth-order valence-electron chi connectivity index (χ4n) is 2.47. The second kappa shape index (κ2) is 7.27. The van der Waals surface area contributed by atoms with Gasteiger partial charge in [-0.25, -0.2) is 8.42 Å². The first-order valence-electron chi connectivity index (χ1n) is 8.07. The van der Waals surface area contributed by atoms with Gasteiger partial charge < -0.3 is 9.63 Å². The van der Waals surface area contributed by atoms with Gasteiger partial charge in [0.1, 0.15) is 5.75 Å². The predicted octanol–water partition coefficient (Wildman–Crippen LogP) is 2.83. The molecular formula is C18H19N3O4S. The van der Waals surface area contributed by atoms with Gasteiger partial charge in [-0.2, -0.15) is 9.29 Å². The molecule has 7 nitrogen and oxygen atoms in total. The highest BCUT2D eigenvalue weighted by molar-refractivity contribution is 7.89. The van der Waals surface area contributed by atoms with Crippen molar-refractivity contribution in [2.75, 3.05) is 7.05 Å². The molecule has 0 fully saturated rings. The summed E-state index contributed by atoms with van der Waals surface area (Å²) in [6.45, 7) is 1.91. The number of aryl methyl sites for hydroxylation is 1. The average molecular weight is 373 g/mol. The number of aromatic hydroxyl groups is 1. The van der Waals surface area contributed by atoms with Crippen LogP contribution in [0, 0.1) is 0 Å². The average Bonchev–Trinajstić information content (AvgIpc) is 3.09. The second-order valence-corrected chi connectivity index (χ2v) is 7.84. The second-order valence-electron chi connectivity index (χ2n) is 5.79. The molecule has 2 aromatic carbocycles. The molecule has 0 aliphatic rings. The van der Waals surface area contributed by atoms with Crippen LogP contribution in [-0.2, 0) is 23.0 Å². The lowest BCUT2D eigenvalue weighted by molar-refractivity contribution is 0.368. The lowest BCUT2D eigenvalue weighted by Gasteiger charge is -2.15. The number of phenolic OH excluding ortho intramolecular Hbond substituents is 1. The molecule has 0 unspecified atom stereocenters. The number of aromatic nitrogens is 2. The van der Waals surface area contributed by atoms with Gasteiger partial charge in [-0.15, -0.1) is 0 Å². The quantitative estimate of drug-likeness (QED) is 0.714. The van der Waals surface area contributed by atoms with Crippen molar-refractivity contribution in [2.45, 2.75) is 24.8 Å². The molecule has 0 atom stereocenters. The fourth-order valence-corrected chi connectivity index (χ4v) is 3.59. The summed E-state index contributed by atoms with van der Waals surface area (Å²) in [5, 5.41) is 13.3. The van der Waals surface area contributed by atoms with Gasteiger partial charge in [0, 0.05) is 13.5 Å². The molecule has 0 amide bonds. The van der Waals surface area contributed by atoms with Crippen LogP contribution in [0.5, 0.6) is 5.75 Å². The van der Waals surface area contributed by atoms with Crippen molar-refractivity contribution < 1.29 is 18.0 Å². The molecule has 0 spiro atoms. The van der Waals surface area contributed by atoms with Crippen LogP contribution < -0.4 is 0 Å². The smallest absolute Gasteiger partial charge is 0.243 e. The predicted molar refractivity (Wildman–Crippen MR) is 95.9 cm³/mol. The van der Waals surface area contributed by atoms with Crippen LogP contribution in [0.1, 0.15) is 18.6 Å². The minimum absolute atomic E-state index is 0.0279. The van der Waals surface area contributed by atoms with Crippen molar-refractivity contribution in [3.8, 4) is 16.9 Å². The number of benzene rings is 2. The Hall–Kier alpha value is -2.71. The van der Waals surface area contributed by atoms with Crippen molar-refractivity contribution in [3.63, 3.8) is 0 Å². The summed E-state index contributed by atoms with van der Waals surface area (Å²) in [5.41, 5.74) is 1.62. The van der Waals surface area contributed by atoms with Crippen molar-refractivity contribution in [3.05, 3.63) is 60.2 Å². The number of hydrogen-bond donors (Lipinski definition) is 1. The maximum atomic E-state index is 12.7. The van der Waals surface area contributed by atoms with Gasteiger partial charge in [-0.05, 0) is 35.4 Å². The largest absolute Gasteiger partial charge is 0.508 e. The molecule has 26 heavy (non-hydrogen) atoms. The van der Waals surface area contributed by atoms with Gasteiger partial charge in [-0.1, -0.05) is 36.3 Å². The summed E-state index contributed by atoms with van der Waals surface area (Å²) >= 11 is 0. The monoisotopic (exact) mass is 373 g/mol. The molecule has 8 heteroatoms. The number of nitrogens with zero attached hydrogens (tertiary/aromatic N) is 3. The highest BCUT2D eigenvalue weighted by Crippen LogP contribution is 2.25. The normalized spacial score (nSPS) is 11.8. The van der Waals surface area contributed by atoms with Gasteiger partial charge >= 0.3 is 0 Å². The standard InChI is InChI=1S/C18H19N3O4S/c1-3-18-19-17(20-25-18)12-21(2)26(23,24)16-9-7-13(8-10-16)14-5-4-6-15(22)11-14/h4-11,22H,3,12H2,1-2H3. The van der Waals surface area contributed by atoms with E-state index >= 15 is 0 Å². The van der Waals surface area contributed by atoms with Crippen LogP contribution in [-0.4, -0.2) is 35.0 Å². The zero-order valence-electron chi connectivity index (χ0n) is 14.5. The van der Waals surface area contributed by atoms with E-state index in [0.29, 0.717) is 18.1 Å². The third kappa shape index (κ3) is 3.76. The van der Waals surface area contributed by atoms with E-state index < -0.39 is 10.0 Å². The third-order valence-corrected chi connectivity index (χ3v) is 5.74. The van der Waals surface area contributed by atoms with Crippen LogP contribution in [0.15, 0.2) is 57.9 Å². The number of hydrogen-bond acceptors (Lipinski definition) is 6. The lowest BCUT2D eigenvalue weighted by Crippen LogP contribution is -2.27. The zero-order valence-corrected chi connectivity index (χ0v) is 15.3. The molecule has 3 rings (SSSR count). The van der Waals surface area contributed by atoms with Gasteiger partial charge in [-0.3, -0.25) is 0 Å². The molecule has 1 aromatic heterocycles. The van der Waals surface area contributed by atoms with Crippen molar-refractivity contribution in [1.82, 2.24) is 14.4 Å². The van der Waals surface area contributed by atoms with Gasteiger partial charge in [0.15, 0.2) is 5.82 Å². The Labute approximate surface area is 152 Å². The Balaban J connectivity index is 1.80. The molecule has 0 saturated heterocycles. The van der Waals surface area contributed by atoms with E-state index in [4.69, 9.17) is 4.52 Å². The van der Waals surface area contributed by atoms with Crippen LogP contribution in [0.2, 0.25) is 0 Å². The molecule has 0 radical (unpaired) electrons. The summed E-state index contributed by atoms with van der Waals surface area (Å²) in [6.07, 6.45) is 0.597. The molecule has 0 aliphatic heterocycles. The summed E-state index contributed by atoms with van der Waals surface area (Å²) in [5.74, 6) is 0.955. The van der Waals surface area contributed by atoms with Crippen LogP contribution >= 0.6 is 0 Å². The summed E-state index contributed by atoms with van der Waals surface area (Å²) in [4.78, 5) is 4.30. The molecular weight excluding hydrogens is 354 g/mol. The fraction of sp³-hybridized carbons (Fsp3) is 0.222. The zero-order chi connectivity index (χ0) is 18.7. The topological polar surface area (TPSA) is 96.5 Å².